The molecule has 1 atom stereocenters. The van der Waals surface area contributed by atoms with Crippen LogP contribution in [0, 0.1) is 0 Å². The standard InChI is InChI=1S/C71H118O6/c1-4-7-10-13-16-19-22-25-28-30-32-33-34-35-36-37-39-40-43-46-49-52-55-58-61-64-70(73)76-67-68(66-75-69(72)63-60-57-54-51-48-45-42-27-24-21-18-15-12-9-6-3)77-71(74)65-62-59-56-53-50-47-44-41-38-31-29-26-23-20-17-14-11-8-5-2/h7,9-10,12,16,18-19,21,25-29,32-33,42,48,51,57,60,68H,4-6,8,11,13-15,17,20,22-24,30-31,34-41,43-47,49-50,52-56,58-59,61-67H2,1-3H3/b10-7-,12-9-,19-16-,21-18-,28-25-,29-26-,33-32-,42-27-,51-48-,60-57-. The van der Waals surface area contributed by atoms with E-state index in [0.29, 0.717) is 12.8 Å². The van der Waals surface area contributed by atoms with Crippen LogP contribution in [0.4, 0.5) is 0 Å². The van der Waals surface area contributed by atoms with Gasteiger partial charge in [-0.25, -0.2) is 0 Å². The molecule has 0 heterocycles. The highest BCUT2D eigenvalue weighted by atomic mass is 16.6. The van der Waals surface area contributed by atoms with Crippen LogP contribution < -0.4 is 0 Å². The van der Waals surface area contributed by atoms with E-state index in [-0.39, 0.29) is 31.6 Å². The second kappa shape index (κ2) is 64.3. The van der Waals surface area contributed by atoms with Crippen molar-refractivity contribution in [2.75, 3.05) is 13.2 Å². The number of esters is 3. The normalized spacial score (nSPS) is 12.9. The lowest BCUT2D eigenvalue weighted by Crippen LogP contribution is -2.30. The fourth-order valence-corrected chi connectivity index (χ4v) is 8.74. The van der Waals surface area contributed by atoms with Crippen LogP contribution >= 0.6 is 0 Å². The van der Waals surface area contributed by atoms with E-state index < -0.39 is 12.1 Å². The molecular weight excluding hydrogens is 949 g/mol. The van der Waals surface area contributed by atoms with Crippen LogP contribution in [-0.4, -0.2) is 37.2 Å². The minimum absolute atomic E-state index is 0.111. The smallest absolute Gasteiger partial charge is 0.309 e. The van der Waals surface area contributed by atoms with E-state index in [0.717, 1.165) is 96.3 Å². The summed E-state index contributed by atoms with van der Waals surface area (Å²) < 4.78 is 16.8. The van der Waals surface area contributed by atoms with Gasteiger partial charge in [-0.05, 0) is 109 Å². The van der Waals surface area contributed by atoms with Gasteiger partial charge in [0.25, 0.3) is 0 Å². The second-order valence-electron chi connectivity index (χ2n) is 20.9. The van der Waals surface area contributed by atoms with E-state index in [1.54, 1.807) is 6.08 Å². The van der Waals surface area contributed by atoms with E-state index in [2.05, 4.69) is 130 Å². The number of unbranched alkanes of at least 4 members (excludes halogenated alkanes) is 27. The van der Waals surface area contributed by atoms with Gasteiger partial charge in [-0.1, -0.05) is 284 Å². The van der Waals surface area contributed by atoms with Crippen molar-refractivity contribution in [1.82, 2.24) is 0 Å². The minimum atomic E-state index is -0.823. The fraction of sp³-hybridized carbons (Fsp3) is 0.676. The summed E-state index contributed by atoms with van der Waals surface area (Å²) in [6.07, 6.45) is 89.5. The van der Waals surface area contributed by atoms with Crippen LogP contribution in [0.25, 0.3) is 0 Å². The third-order valence-electron chi connectivity index (χ3n) is 13.5. The summed E-state index contributed by atoms with van der Waals surface area (Å²) in [5.41, 5.74) is 0. The van der Waals surface area contributed by atoms with Gasteiger partial charge in [-0.3, -0.25) is 14.4 Å². The summed E-state index contributed by atoms with van der Waals surface area (Å²) in [4.78, 5) is 38.3. The van der Waals surface area contributed by atoms with Crippen LogP contribution in [0.1, 0.15) is 290 Å². The Morgan fingerprint density at radius 2 is 0.558 bits per heavy atom. The van der Waals surface area contributed by atoms with Gasteiger partial charge in [0, 0.05) is 12.8 Å². The zero-order valence-corrected chi connectivity index (χ0v) is 50.2. The summed E-state index contributed by atoms with van der Waals surface area (Å²) >= 11 is 0. The monoisotopic (exact) mass is 1070 g/mol. The Bertz CT molecular complexity index is 1600. The molecule has 0 aliphatic carbocycles. The third kappa shape index (κ3) is 62.5. The molecule has 0 saturated carbocycles. The molecule has 0 fully saturated rings. The zero-order chi connectivity index (χ0) is 55.7. The summed E-state index contributed by atoms with van der Waals surface area (Å²) in [7, 11) is 0. The Labute approximate surface area is 475 Å². The van der Waals surface area contributed by atoms with E-state index in [1.165, 1.54) is 154 Å². The van der Waals surface area contributed by atoms with Crippen LogP contribution in [0.5, 0.6) is 0 Å². The van der Waals surface area contributed by atoms with Crippen LogP contribution in [0.3, 0.4) is 0 Å². The summed E-state index contributed by atoms with van der Waals surface area (Å²) in [5, 5.41) is 0. The quantitative estimate of drug-likeness (QED) is 0.0261. The molecule has 6 nitrogen and oxygen atoms in total. The van der Waals surface area contributed by atoms with Gasteiger partial charge >= 0.3 is 17.9 Å². The van der Waals surface area contributed by atoms with Crippen LogP contribution in [-0.2, 0) is 28.6 Å². The lowest BCUT2D eigenvalue weighted by Gasteiger charge is -2.18. The van der Waals surface area contributed by atoms with Crippen LogP contribution in [0.2, 0.25) is 0 Å². The van der Waals surface area contributed by atoms with Crippen molar-refractivity contribution in [2.45, 2.75) is 297 Å². The molecule has 6 heteroatoms. The molecule has 0 radical (unpaired) electrons. The maximum atomic E-state index is 12.9. The highest BCUT2D eigenvalue weighted by Crippen LogP contribution is 2.16. The molecule has 0 amide bonds. The van der Waals surface area contributed by atoms with Crippen LogP contribution in [0.15, 0.2) is 122 Å². The predicted octanol–water partition coefficient (Wildman–Crippen LogP) is 22.0. The van der Waals surface area contributed by atoms with E-state index >= 15 is 0 Å². The molecule has 0 aliphatic rings. The lowest BCUT2D eigenvalue weighted by atomic mass is 10.0. The molecule has 0 spiro atoms. The van der Waals surface area contributed by atoms with Crippen molar-refractivity contribution in [3.63, 3.8) is 0 Å². The molecule has 438 valence electrons. The molecule has 0 N–H and O–H groups in total. The lowest BCUT2D eigenvalue weighted by molar-refractivity contribution is -0.166. The minimum Gasteiger partial charge on any atom is -0.462 e. The SMILES string of the molecule is CC/C=C\C/C=C\C/C=C\C/C=C\C/C=C\CC(=O)OCC(COC(=O)CCCCCCCCCCCCCC/C=C\C/C=C\C/C=C\C/C=C\CC)OC(=O)CCCCCCCCCCC/C=C\CCCCCCCC. The van der Waals surface area contributed by atoms with Gasteiger partial charge in [-0.2, -0.15) is 0 Å². The Kier molecular flexibility index (Phi) is 60.8. The molecule has 0 aromatic rings. The predicted molar refractivity (Wildman–Crippen MR) is 334 cm³/mol. The first-order chi connectivity index (χ1) is 38.0. The van der Waals surface area contributed by atoms with E-state index in [9.17, 15) is 14.4 Å². The topological polar surface area (TPSA) is 78.9 Å². The van der Waals surface area contributed by atoms with E-state index in [1.807, 2.05) is 6.08 Å². The maximum absolute atomic E-state index is 12.9. The highest BCUT2D eigenvalue weighted by molar-refractivity contribution is 5.72. The van der Waals surface area contributed by atoms with Crippen molar-refractivity contribution in [1.29, 1.82) is 0 Å². The van der Waals surface area contributed by atoms with Crippen molar-refractivity contribution < 1.29 is 28.6 Å². The summed E-state index contributed by atoms with van der Waals surface area (Å²) in [6, 6.07) is 0. The Morgan fingerprint density at radius 1 is 0.286 bits per heavy atom. The van der Waals surface area contributed by atoms with Gasteiger partial charge < -0.3 is 14.2 Å². The maximum Gasteiger partial charge on any atom is 0.309 e. The number of hydrogen-bond donors (Lipinski definition) is 0. The molecular formula is C71H118O6. The first-order valence-electron chi connectivity index (χ1n) is 32.0. The molecule has 0 saturated heterocycles. The second-order valence-corrected chi connectivity index (χ2v) is 20.9. The number of allylic oxidation sites excluding steroid dienone is 19. The summed E-state index contributed by atoms with van der Waals surface area (Å²) in [6.45, 7) is 6.34. The first-order valence-corrected chi connectivity index (χ1v) is 32.0. The number of hydrogen-bond acceptors (Lipinski definition) is 6. The van der Waals surface area contributed by atoms with E-state index in [4.69, 9.17) is 14.2 Å². The van der Waals surface area contributed by atoms with Gasteiger partial charge in [0.15, 0.2) is 6.10 Å². The molecule has 0 aromatic carbocycles. The molecule has 77 heavy (non-hydrogen) atoms. The van der Waals surface area contributed by atoms with Crippen molar-refractivity contribution >= 4 is 17.9 Å². The van der Waals surface area contributed by atoms with Crippen molar-refractivity contribution in [2.24, 2.45) is 0 Å². The third-order valence-corrected chi connectivity index (χ3v) is 13.5. The Hall–Kier alpha value is -4.19. The van der Waals surface area contributed by atoms with Gasteiger partial charge in [0.05, 0.1) is 6.42 Å². The molecule has 0 aliphatic heterocycles. The summed E-state index contributed by atoms with van der Waals surface area (Å²) in [5.74, 6) is -1.04. The van der Waals surface area contributed by atoms with Gasteiger partial charge in [-0.15, -0.1) is 0 Å². The van der Waals surface area contributed by atoms with Gasteiger partial charge in [0.1, 0.15) is 13.2 Å². The Balaban J connectivity index is 4.41. The molecule has 0 bridgehead atoms. The fourth-order valence-electron chi connectivity index (χ4n) is 8.74. The largest absolute Gasteiger partial charge is 0.462 e. The average molecular weight is 1070 g/mol. The molecule has 0 rings (SSSR count). The van der Waals surface area contributed by atoms with Gasteiger partial charge in [0.2, 0.25) is 0 Å². The number of carbonyl (C=O) groups excluding carboxylic acids is 3. The zero-order valence-electron chi connectivity index (χ0n) is 50.2. The average Bonchev–Trinajstić information content (AvgIpc) is 3.43. The Morgan fingerprint density at radius 3 is 0.922 bits per heavy atom. The highest BCUT2D eigenvalue weighted by Gasteiger charge is 2.19. The molecule has 1 unspecified atom stereocenters. The van der Waals surface area contributed by atoms with Crippen molar-refractivity contribution in [3.8, 4) is 0 Å². The number of ether oxygens (including phenoxy) is 3. The molecule has 0 aromatic heterocycles. The first kappa shape index (κ1) is 72.8. The number of carbonyl (C=O) groups is 3. The van der Waals surface area contributed by atoms with Crippen molar-refractivity contribution in [3.05, 3.63) is 122 Å². The number of rotatable bonds is 57.